The van der Waals surface area contributed by atoms with Crippen LogP contribution < -0.4 is 15.9 Å². The van der Waals surface area contributed by atoms with Crippen molar-refractivity contribution in [3.05, 3.63) is 91.0 Å². The van der Waals surface area contributed by atoms with Gasteiger partial charge in [-0.2, -0.15) is 0 Å². The van der Waals surface area contributed by atoms with Gasteiger partial charge in [0.2, 0.25) is 0 Å². The van der Waals surface area contributed by atoms with Crippen molar-refractivity contribution in [1.29, 1.82) is 0 Å². The molecule has 3 aromatic carbocycles. The van der Waals surface area contributed by atoms with Gasteiger partial charge in [0.1, 0.15) is 35.9 Å². The van der Waals surface area contributed by atoms with Gasteiger partial charge in [-0.15, -0.1) is 0 Å². The third kappa shape index (κ3) is 4.60. The van der Waals surface area contributed by atoms with Crippen LogP contribution >= 0.6 is 7.26 Å². The fourth-order valence-corrected chi connectivity index (χ4v) is 7.57. The van der Waals surface area contributed by atoms with E-state index in [0.717, 1.165) is 12.6 Å². The first kappa shape index (κ1) is 21.3. The number of esters is 1. The molecule has 0 heterocycles. The molecule has 0 atom stereocenters. The number of carbonyl (C=O) groups excluding carboxylic acids is 1. The minimum Gasteiger partial charge on any atom is -0.461 e. The topological polar surface area (TPSA) is 26.3 Å². The molecule has 0 unspecified atom stereocenters. The van der Waals surface area contributed by atoms with E-state index < -0.39 is 12.7 Å². The van der Waals surface area contributed by atoms with Crippen LogP contribution in [0.15, 0.2) is 91.0 Å². The van der Waals surface area contributed by atoms with Crippen molar-refractivity contribution in [1.82, 2.24) is 0 Å². The first-order valence-corrected chi connectivity index (χ1v) is 12.2. The van der Waals surface area contributed by atoms with Crippen molar-refractivity contribution in [3.63, 3.8) is 0 Å². The van der Waals surface area contributed by atoms with E-state index >= 15 is 0 Å². The number of ether oxygens (including phenoxy) is 1. The molecular formula is C26H30O2P+. The van der Waals surface area contributed by atoms with Crippen LogP contribution in [-0.2, 0) is 9.53 Å². The molecule has 0 aliphatic heterocycles. The highest BCUT2D eigenvalue weighted by atomic mass is 31.2. The SMILES string of the molecule is CCC(C)(C)C(=O)OCC[P+](c1ccccc1)(c1ccccc1)c1ccccc1. The van der Waals surface area contributed by atoms with Crippen LogP contribution in [0.25, 0.3) is 0 Å². The summed E-state index contributed by atoms with van der Waals surface area (Å²) in [6.07, 6.45) is 1.55. The van der Waals surface area contributed by atoms with Crippen molar-refractivity contribution in [2.24, 2.45) is 5.41 Å². The first-order chi connectivity index (χ1) is 14.0. The van der Waals surface area contributed by atoms with Crippen LogP contribution in [-0.4, -0.2) is 18.7 Å². The Bertz CT molecular complexity index is 809. The van der Waals surface area contributed by atoms with Crippen LogP contribution in [0.4, 0.5) is 0 Å². The summed E-state index contributed by atoms with van der Waals surface area (Å²) < 4.78 is 5.81. The monoisotopic (exact) mass is 405 g/mol. The summed E-state index contributed by atoms with van der Waals surface area (Å²) in [5.41, 5.74) is -0.451. The van der Waals surface area contributed by atoms with Gasteiger partial charge in [0.05, 0.1) is 5.41 Å². The maximum atomic E-state index is 12.6. The zero-order chi connectivity index (χ0) is 20.7. The van der Waals surface area contributed by atoms with Crippen LogP contribution in [0, 0.1) is 5.41 Å². The third-order valence-electron chi connectivity index (χ3n) is 5.69. The molecule has 3 heteroatoms. The Morgan fingerprint density at radius 3 is 1.48 bits per heavy atom. The Kier molecular flexibility index (Phi) is 6.87. The average Bonchev–Trinajstić information content (AvgIpc) is 2.78. The van der Waals surface area contributed by atoms with E-state index in [-0.39, 0.29) is 5.97 Å². The predicted octanol–water partition coefficient (Wildman–Crippen LogP) is 4.96. The van der Waals surface area contributed by atoms with Crippen molar-refractivity contribution >= 4 is 29.1 Å². The molecule has 0 aromatic heterocycles. The van der Waals surface area contributed by atoms with E-state index in [0.29, 0.717) is 6.61 Å². The predicted molar refractivity (Wildman–Crippen MR) is 125 cm³/mol. The molecule has 0 bridgehead atoms. The number of hydrogen-bond donors (Lipinski definition) is 0. The Hall–Kier alpha value is -2.44. The molecule has 0 amide bonds. The van der Waals surface area contributed by atoms with Gasteiger partial charge in [-0.25, -0.2) is 0 Å². The van der Waals surface area contributed by atoms with E-state index in [2.05, 4.69) is 91.0 Å². The Labute approximate surface area is 175 Å². The standard InChI is InChI=1S/C26H30O2P/c1-4-26(2,3)25(27)28-20-21-29(22-14-8-5-9-15-22,23-16-10-6-11-17-23)24-18-12-7-13-19-24/h5-19H,4,20-21H2,1-3H3/q+1. The molecule has 29 heavy (non-hydrogen) atoms. The summed E-state index contributed by atoms with van der Waals surface area (Å²) in [6, 6.07) is 32.0. The molecule has 3 aromatic rings. The number of hydrogen-bond acceptors (Lipinski definition) is 2. The summed E-state index contributed by atoms with van der Waals surface area (Å²) in [6.45, 7) is 6.33. The number of rotatable bonds is 8. The normalized spacial score (nSPS) is 11.8. The lowest BCUT2D eigenvalue weighted by Crippen LogP contribution is -2.35. The lowest BCUT2D eigenvalue weighted by Gasteiger charge is -2.28. The summed E-state index contributed by atoms with van der Waals surface area (Å²) in [7, 11) is -1.95. The van der Waals surface area contributed by atoms with Crippen LogP contribution in [0.2, 0.25) is 0 Å². The van der Waals surface area contributed by atoms with Crippen LogP contribution in [0.1, 0.15) is 27.2 Å². The third-order valence-corrected chi connectivity index (χ3v) is 10.1. The first-order valence-electron chi connectivity index (χ1n) is 10.2. The second-order valence-corrected chi connectivity index (χ2v) is 11.5. The van der Waals surface area contributed by atoms with E-state index in [1.54, 1.807) is 0 Å². The molecule has 150 valence electrons. The second kappa shape index (κ2) is 9.37. The quantitative estimate of drug-likeness (QED) is 0.391. The highest BCUT2D eigenvalue weighted by Crippen LogP contribution is 2.55. The summed E-state index contributed by atoms with van der Waals surface area (Å²) in [5, 5.41) is 3.93. The Balaban J connectivity index is 2.05. The molecule has 0 saturated heterocycles. The molecule has 0 N–H and O–H groups in total. The van der Waals surface area contributed by atoms with Crippen LogP contribution in [0.5, 0.6) is 0 Å². The van der Waals surface area contributed by atoms with Gasteiger partial charge >= 0.3 is 5.97 Å². The van der Waals surface area contributed by atoms with E-state index in [1.807, 2.05) is 20.8 Å². The van der Waals surface area contributed by atoms with Gasteiger partial charge in [0.25, 0.3) is 0 Å². The summed E-state index contributed by atoms with van der Waals surface area (Å²) in [5.74, 6) is -0.118. The number of carbonyl (C=O) groups is 1. The lowest BCUT2D eigenvalue weighted by atomic mass is 9.91. The van der Waals surface area contributed by atoms with E-state index in [4.69, 9.17) is 4.74 Å². The molecule has 0 fully saturated rings. The molecule has 0 saturated carbocycles. The molecular weight excluding hydrogens is 375 g/mol. The maximum absolute atomic E-state index is 12.6. The fourth-order valence-electron chi connectivity index (χ4n) is 3.50. The minimum atomic E-state index is -1.95. The number of benzene rings is 3. The van der Waals surface area contributed by atoms with Crippen molar-refractivity contribution in [2.75, 3.05) is 12.8 Å². The largest absolute Gasteiger partial charge is 0.461 e. The summed E-state index contributed by atoms with van der Waals surface area (Å²) >= 11 is 0. The summed E-state index contributed by atoms with van der Waals surface area (Å²) in [4.78, 5) is 12.6. The van der Waals surface area contributed by atoms with Gasteiger partial charge in [0.15, 0.2) is 0 Å². The van der Waals surface area contributed by atoms with Gasteiger partial charge in [0, 0.05) is 0 Å². The molecule has 0 spiro atoms. The molecule has 0 aliphatic rings. The zero-order valence-corrected chi connectivity index (χ0v) is 18.4. The zero-order valence-electron chi connectivity index (χ0n) is 17.5. The lowest BCUT2D eigenvalue weighted by molar-refractivity contribution is -0.153. The smallest absolute Gasteiger partial charge is 0.311 e. The van der Waals surface area contributed by atoms with Crippen molar-refractivity contribution in [3.8, 4) is 0 Å². The Morgan fingerprint density at radius 2 is 1.14 bits per heavy atom. The van der Waals surface area contributed by atoms with E-state index in [1.165, 1.54) is 15.9 Å². The van der Waals surface area contributed by atoms with Gasteiger partial charge in [-0.1, -0.05) is 61.5 Å². The van der Waals surface area contributed by atoms with Gasteiger partial charge in [-0.3, -0.25) is 4.79 Å². The van der Waals surface area contributed by atoms with E-state index in [9.17, 15) is 4.79 Å². The van der Waals surface area contributed by atoms with Crippen molar-refractivity contribution in [2.45, 2.75) is 27.2 Å². The minimum absolute atomic E-state index is 0.118. The van der Waals surface area contributed by atoms with Gasteiger partial charge < -0.3 is 4.74 Å². The molecule has 0 radical (unpaired) electrons. The van der Waals surface area contributed by atoms with Crippen LogP contribution in [0.3, 0.4) is 0 Å². The average molecular weight is 405 g/mol. The second-order valence-electron chi connectivity index (χ2n) is 7.91. The Morgan fingerprint density at radius 1 is 0.759 bits per heavy atom. The highest BCUT2D eigenvalue weighted by Gasteiger charge is 2.45. The van der Waals surface area contributed by atoms with Crippen molar-refractivity contribution < 1.29 is 9.53 Å². The maximum Gasteiger partial charge on any atom is 0.311 e. The molecule has 0 aliphatic carbocycles. The highest BCUT2D eigenvalue weighted by molar-refractivity contribution is 7.95. The molecule has 3 rings (SSSR count). The molecule has 2 nitrogen and oxygen atoms in total. The fraction of sp³-hybridized carbons (Fsp3) is 0.269. The van der Waals surface area contributed by atoms with Gasteiger partial charge in [-0.05, 0) is 56.7 Å².